The first-order chi connectivity index (χ1) is 14.9. The molecule has 2 heterocycles. The molecule has 3 aromatic rings. The van der Waals surface area contributed by atoms with E-state index in [2.05, 4.69) is 4.90 Å². The molecule has 1 aliphatic rings. The minimum Gasteiger partial charge on any atom is -0.342 e. The number of aromatic nitrogens is 2. The first-order valence-electron chi connectivity index (χ1n) is 10.5. The van der Waals surface area contributed by atoms with Crippen LogP contribution < -0.4 is 0 Å². The maximum atomic E-state index is 14.4. The summed E-state index contributed by atoms with van der Waals surface area (Å²) in [6.07, 6.45) is 2.73. The van der Waals surface area contributed by atoms with Crippen LogP contribution in [0.3, 0.4) is 0 Å². The van der Waals surface area contributed by atoms with Crippen LogP contribution in [0.1, 0.15) is 24.5 Å². The van der Waals surface area contributed by atoms with Crippen LogP contribution in [-0.4, -0.2) is 51.7 Å². The van der Waals surface area contributed by atoms with Gasteiger partial charge in [0.1, 0.15) is 11.5 Å². The van der Waals surface area contributed by atoms with Crippen molar-refractivity contribution in [2.24, 2.45) is 0 Å². The van der Waals surface area contributed by atoms with Gasteiger partial charge in [-0.05, 0) is 31.0 Å². The maximum absolute atomic E-state index is 14.4. The van der Waals surface area contributed by atoms with E-state index in [1.165, 1.54) is 16.8 Å². The lowest BCUT2D eigenvalue weighted by Gasteiger charge is -2.21. The van der Waals surface area contributed by atoms with Gasteiger partial charge in [-0.2, -0.15) is 5.10 Å². The smallest absolute Gasteiger partial charge is 0.219 e. The Morgan fingerprint density at radius 2 is 1.87 bits per heavy atom. The van der Waals surface area contributed by atoms with Crippen LogP contribution in [0.4, 0.5) is 8.78 Å². The Morgan fingerprint density at radius 1 is 1.06 bits per heavy atom. The Kier molecular flexibility index (Phi) is 6.13. The minimum absolute atomic E-state index is 0.0991. The zero-order valence-corrected chi connectivity index (χ0v) is 17.8. The fourth-order valence-electron chi connectivity index (χ4n) is 4.07. The monoisotopic (exact) mass is 424 g/mol. The van der Waals surface area contributed by atoms with Crippen molar-refractivity contribution in [2.75, 3.05) is 26.2 Å². The molecule has 0 radical (unpaired) electrons. The van der Waals surface area contributed by atoms with Gasteiger partial charge >= 0.3 is 0 Å². The molecule has 1 amide bonds. The van der Waals surface area contributed by atoms with Crippen LogP contribution in [0.15, 0.2) is 48.7 Å². The van der Waals surface area contributed by atoms with Crippen LogP contribution in [-0.2, 0) is 11.3 Å². The highest BCUT2D eigenvalue weighted by atomic mass is 19.1. The normalized spacial score (nSPS) is 15.2. The third-order valence-corrected chi connectivity index (χ3v) is 5.77. The predicted molar refractivity (Wildman–Crippen MR) is 116 cm³/mol. The van der Waals surface area contributed by atoms with Crippen LogP contribution in [0.2, 0.25) is 0 Å². The zero-order chi connectivity index (χ0) is 22.0. The lowest BCUT2D eigenvalue weighted by atomic mass is 10.0. The first-order valence-corrected chi connectivity index (χ1v) is 10.5. The fourth-order valence-corrected chi connectivity index (χ4v) is 4.07. The lowest BCUT2D eigenvalue weighted by Crippen LogP contribution is -2.33. The van der Waals surface area contributed by atoms with Crippen molar-refractivity contribution in [3.63, 3.8) is 0 Å². The summed E-state index contributed by atoms with van der Waals surface area (Å²) in [6, 6.07) is 11.5. The highest BCUT2D eigenvalue weighted by Crippen LogP contribution is 2.28. The van der Waals surface area contributed by atoms with E-state index in [9.17, 15) is 13.6 Å². The molecule has 2 aromatic carbocycles. The van der Waals surface area contributed by atoms with Gasteiger partial charge in [0, 0.05) is 63.0 Å². The van der Waals surface area contributed by atoms with Crippen molar-refractivity contribution in [2.45, 2.75) is 26.8 Å². The van der Waals surface area contributed by atoms with E-state index >= 15 is 0 Å². The molecule has 0 bridgehead atoms. The van der Waals surface area contributed by atoms with Crippen LogP contribution >= 0.6 is 0 Å². The second-order valence-corrected chi connectivity index (χ2v) is 7.99. The minimum atomic E-state index is -0.655. The number of halogens is 2. The molecule has 0 unspecified atom stereocenters. The molecule has 4 rings (SSSR count). The SMILES string of the molecule is CC(=O)N1CCCN(Cc2cn(-c3ccc(F)cc3F)nc2-c2ccccc2C)CC1. The molecule has 0 N–H and O–H groups in total. The third kappa shape index (κ3) is 4.66. The lowest BCUT2D eigenvalue weighted by molar-refractivity contribution is -0.128. The molecule has 7 heteroatoms. The predicted octanol–water partition coefficient (Wildman–Crippen LogP) is 4.18. The number of aryl methyl sites for hydroxylation is 1. The Hall–Kier alpha value is -3.06. The topological polar surface area (TPSA) is 41.4 Å². The second-order valence-electron chi connectivity index (χ2n) is 7.99. The van der Waals surface area contributed by atoms with Gasteiger partial charge in [-0.3, -0.25) is 9.69 Å². The van der Waals surface area contributed by atoms with Gasteiger partial charge in [-0.25, -0.2) is 13.5 Å². The van der Waals surface area contributed by atoms with Crippen molar-refractivity contribution in [1.82, 2.24) is 19.6 Å². The summed E-state index contributed by atoms with van der Waals surface area (Å²) < 4.78 is 29.3. The molecule has 31 heavy (non-hydrogen) atoms. The molecule has 1 saturated heterocycles. The first kappa shape index (κ1) is 21.2. The fraction of sp³-hybridized carbons (Fsp3) is 0.333. The largest absolute Gasteiger partial charge is 0.342 e. The summed E-state index contributed by atoms with van der Waals surface area (Å²) >= 11 is 0. The van der Waals surface area contributed by atoms with E-state index in [4.69, 9.17) is 5.10 Å². The van der Waals surface area contributed by atoms with Crippen LogP contribution in [0.25, 0.3) is 16.9 Å². The van der Waals surface area contributed by atoms with Gasteiger partial charge < -0.3 is 4.90 Å². The number of carbonyl (C=O) groups is 1. The van der Waals surface area contributed by atoms with E-state index in [0.29, 0.717) is 13.1 Å². The number of rotatable bonds is 4. The average molecular weight is 424 g/mol. The van der Waals surface area contributed by atoms with Crippen molar-refractivity contribution < 1.29 is 13.6 Å². The standard InChI is InChI=1S/C24H26F2N4O/c1-17-6-3-4-7-21(17)24-19(15-28-10-5-11-29(13-12-28)18(2)31)16-30(27-24)23-9-8-20(25)14-22(23)26/h3-4,6-9,14,16H,5,10-13,15H2,1-2H3. The highest BCUT2D eigenvalue weighted by molar-refractivity contribution is 5.73. The van der Waals surface area contributed by atoms with Crippen LogP contribution in [0.5, 0.6) is 0 Å². The molecule has 1 aliphatic heterocycles. The molecule has 0 spiro atoms. The Morgan fingerprint density at radius 3 is 2.61 bits per heavy atom. The van der Waals surface area contributed by atoms with E-state index < -0.39 is 11.6 Å². The van der Waals surface area contributed by atoms with Gasteiger partial charge in [0.15, 0.2) is 5.82 Å². The summed E-state index contributed by atoms with van der Waals surface area (Å²) in [5, 5.41) is 4.70. The number of hydrogen-bond donors (Lipinski definition) is 0. The maximum Gasteiger partial charge on any atom is 0.219 e. The van der Waals surface area contributed by atoms with E-state index in [-0.39, 0.29) is 11.6 Å². The Balaban J connectivity index is 1.69. The van der Waals surface area contributed by atoms with E-state index in [1.54, 1.807) is 6.92 Å². The average Bonchev–Trinajstić information content (AvgIpc) is 2.97. The van der Waals surface area contributed by atoms with Crippen LogP contribution in [0, 0.1) is 18.6 Å². The van der Waals surface area contributed by atoms with Gasteiger partial charge in [-0.1, -0.05) is 24.3 Å². The molecule has 5 nitrogen and oxygen atoms in total. The Labute approximate surface area is 180 Å². The summed E-state index contributed by atoms with van der Waals surface area (Å²) in [4.78, 5) is 15.9. The molecular weight excluding hydrogens is 398 g/mol. The van der Waals surface area contributed by atoms with E-state index in [0.717, 1.165) is 54.5 Å². The summed E-state index contributed by atoms with van der Waals surface area (Å²) in [5.41, 5.74) is 4.02. The molecular formula is C24H26F2N4O. The van der Waals surface area contributed by atoms with Gasteiger partial charge in [-0.15, -0.1) is 0 Å². The molecule has 162 valence electrons. The molecule has 0 atom stereocenters. The van der Waals surface area contributed by atoms with Crippen molar-refractivity contribution in [3.8, 4) is 16.9 Å². The van der Waals surface area contributed by atoms with Gasteiger partial charge in [0.2, 0.25) is 5.91 Å². The number of carbonyl (C=O) groups excluding carboxylic acids is 1. The number of nitrogens with zero attached hydrogens (tertiary/aromatic N) is 4. The summed E-state index contributed by atoms with van der Waals surface area (Å²) in [7, 11) is 0. The second kappa shape index (κ2) is 8.98. The summed E-state index contributed by atoms with van der Waals surface area (Å²) in [6.45, 7) is 7.35. The Bertz CT molecular complexity index is 1090. The number of benzene rings is 2. The quantitative estimate of drug-likeness (QED) is 0.631. The number of amides is 1. The summed E-state index contributed by atoms with van der Waals surface area (Å²) in [5.74, 6) is -1.17. The zero-order valence-electron chi connectivity index (χ0n) is 17.8. The van der Waals surface area contributed by atoms with Gasteiger partial charge in [0.05, 0.1) is 5.69 Å². The van der Waals surface area contributed by atoms with Crippen molar-refractivity contribution in [1.29, 1.82) is 0 Å². The molecule has 1 fully saturated rings. The number of hydrogen-bond acceptors (Lipinski definition) is 3. The molecule has 0 aliphatic carbocycles. The van der Waals surface area contributed by atoms with Gasteiger partial charge in [0.25, 0.3) is 0 Å². The molecule has 1 aromatic heterocycles. The van der Waals surface area contributed by atoms with E-state index in [1.807, 2.05) is 42.3 Å². The highest BCUT2D eigenvalue weighted by Gasteiger charge is 2.21. The third-order valence-electron chi connectivity index (χ3n) is 5.77. The molecule has 0 saturated carbocycles. The van der Waals surface area contributed by atoms with Crippen molar-refractivity contribution in [3.05, 3.63) is 71.4 Å². The van der Waals surface area contributed by atoms with Crippen molar-refractivity contribution >= 4 is 5.91 Å².